The fourth-order valence-corrected chi connectivity index (χ4v) is 3.94. The molecule has 144 valence electrons. The molecule has 0 atom stereocenters. The van der Waals surface area contributed by atoms with Crippen LogP contribution in [0.2, 0.25) is 0 Å². The highest BCUT2D eigenvalue weighted by Gasteiger charge is 2.22. The Hall–Kier alpha value is -2.34. The van der Waals surface area contributed by atoms with E-state index in [4.69, 9.17) is 9.47 Å². The fourth-order valence-electron chi connectivity index (χ4n) is 3.94. The third kappa shape index (κ3) is 4.50. The summed E-state index contributed by atoms with van der Waals surface area (Å²) in [7, 11) is 1.71. The summed E-state index contributed by atoms with van der Waals surface area (Å²) in [5.74, 6) is 3.72. The molecule has 2 saturated heterocycles. The van der Waals surface area contributed by atoms with Crippen molar-refractivity contribution in [2.24, 2.45) is 5.92 Å². The van der Waals surface area contributed by atoms with Crippen LogP contribution < -0.4 is 14.5 Å². The van der Waals surface area contributed by atoms with Gasteiger partial charge in [-0.1, -0.05) is 12.1 Å². The summed E-state index contributed by atoms with van der Waals surface area (Å²) in [5.41, 5.74) is 1.39. The van der Waals surface area contributed by atoms with E-state index < -0.39 is 0 Å². The normalized spacial score (nSPS) is 18.6. The first-order valence-corrected chi connectivity index (χ1v) is 9.84. The maximum absolute atomic E-state index is 5.44. The molecule has 27 heavy (non-hydrogen) atoms. The standard InChI is InChI=1S/C21H28N4O2/c1-26-19-4-2-17(3-5-19)14-18-6-8-24(9-7-18)20-15-21(23-16-22-20)25-10-12-27-13-11-25/h2-5,15-16,18H,6-14H2,1H3. The van der Waals surface area contributed by atoms with E-state index in [1.807, 2.05) is 0 Å². The quantitative estimate of drug-likeness (QED) is 0.809. The third-order valence-electron chi connectivity index (χ3n) is 5.60. The van der Waals surface area contributed by atoms with E-state index in [-0.39, 0.29) is 0 Å². The van der Waals surface area contributed by atoms with Crippen LogP contribution in [-0.4, -0.2) is 56.5 Å². The predicted molar refractivity (Wildman–Crippen MR) is 107 cm³/mol. The van der Waals surface area contributed by atoms with Crippen molar-refractivity contribution in [1.82, 2.24) is 9.97 Å². The monoisotopic (exact) mass is 368 g/mol. The summed E-state index contributed by atoms with van der Waals surface area (Å²) in [6, 6.07) is 10.6. The number of anilines is 2. The number of hydrogen-bond acceptors (Lipinski definition) is 6. The predicted octanol–water partition coefficient (Wildman–Crippen LogP) is 2.78. The zero-order chi connectivity index (χ0) is 18.5. The number of rotatable bonds is 5. The minimum Gasteiger partial charge on any atom is -0.497 e. The highest BCUT2D eigenvalue weighted by Crippen LogP contribution is 2.27. The molecule has 3 heterocycles. The second-order valence-electron chi connectivity index (χ2n) is 7.32. The number of hydrogen-bond donors (Lipinski definition) is 0. The molecule has 1 aromatic heterocycles. The van der Waals surface area contributed by atoms with Gasteiger partial charge >= 0.3 is 0 Å². The lowest BCUT2D eigenvalue weighted by molar-refractivity contribution is 0.122. The molecule has 2 aromatic rings. The Kier molecular flexibility index (Phi) is 5.72. The highest BCUT2D eigenvalue weighted by atomic mass is 16.5. The number of piperidine rings is 1. The van der Waals surface area contributed by atoms with Gasteiger partial charge in [-0.25, -0.2) is 9.97 Å². The summed E-state index contributed by atoms with van der Waals surface area (Å²) >= 11 is 0. The topological polar surface area (TPSA) is 50.7 Å². The maximum Gasteiger partial charge on any atom is 0.134 e. The molecule has 6 nitrogen and oxygen atoms in total. The SMILES string of the molecule is COc1ccc(CC2CCN(c3cc(N4CCOCC4)ncn3)CC2)cc1. The first-order chi connectivity index (χ1) is 13.3. The van der Waals surface area contributed by atoms with E-state index in [1.54, 1.807) is 13.4 Å². The van der Waals surface area contributed by atoms with Crippen molar-refractivity contribution >= 4 is 11.6 Å². The summed E-state index contributed by atoms with van der Waals surface area (Å²) in [4.78, 5) is 13.7. The zero-order valence-corrected chi connectivity index (χ0v) is 16.0. The van der Waals surface area contributed by atoms with Gasteiger partial charge in [-0.2, -0.15) is 0 Å². The second kappa shape index (κ2) is 8.57. The number of nitrogens with zero attached hydrogens (tertiary/aromatic N) is 4. The summed E-state index contributed by atoms with van der Waals surface area (Å²) in [5, 5.41) is 0. The number of morpholine rings is 1. The number of aromatic nitrogens is 2. The Balaban J connectivity index is 1.33. The van der Waals surface area contributed by atoms with Gasteiger partial charge in [0.1, 0.15) is 23.7 Å². The van der Waals surface area contributed by atoms with Crippen molar-refractivity contribution in [3.63, 3.8) is 0 Å². The van der Waals surface area contributed by atoms with Crippen molar-refractivity contribution in [2.75, 3.05) is 56.3 Å². The largest absolute Gasteiger partial charge is 0.497 e. The van der Waals surface area contributed by atoms with Gasteiger partial charge in [0, 0.05) is 32.2 Å². The number of benzene rings is 1. The van der Waals surface area contributed by atoms with Gasteiger partial charge in [0.25, 0.3) is 0 Å². The third-order valence-corrected chi connectivity index (χ3v) is 5.60. The van der Waals surface area contributed by atoms with Crippen LogP contribution >= 0.6 is 0 Å². The second-order valence-corrected chi connectivity index (χ2v) is 7.32. The molecular formula is C21H28N4O2. The molecule has 2 aliphatic rings. The van der Waals surface area contributed by atoms with Crippen LogP contribution in [-0.2, 0) is 11.2 Å². The van der Waals surface area contributed by atoms with E-state index in [0.29, 0.717) is 0 Å². The van der Waals surface area contributed by atoms with Crippen molar-refractivity contribution < 1.29 is 9.47 Å². The van der Waals surface area contributed by atoms with E-state index in [2.05, 4.69) is 50.1 Å². The lowest BCUT2D eigenvalue weighted by Gasteiger charge is -2.34. The molecule has 2 aliphatic heterocycles. The number of methoxy groups -OCH3 is 1. The van der Waals surface area contributed by atoms with Crippen LogP contribution in [0.5, 0.6) is 5.75 Å². The Morgan fingerprint density at radius 3 is 2.22 bits per heavy atom. The average Bonchev–Trinajstić information content (AvgIpc) is 2.75. The van der Waals surface area contributed by atoms with Gasteiger partial charge in [0.05, 0.1) is 20.3 Å². The zero-order valence-electron chi connectivity index (χ0n) is 16.0. The van der Waals surface area contributed by atoms with Crippen LogP contribution in [0.3, 0.4) is 0 Å². The maximum atomic E-state index is 5.44. The Morgan fingerprint density at radius 2 is 1.59 bits per heavy atom. The molecular weight excluding hydrogens is 340 g/mol. The molecule has 0 bridgehead atoms. The molecule has 0 N–H and O–H groups in total. The van der Waals surface area contributed by atoms with E-state index in [0.717, 1.165) is 69.1 Å². The Morgan fingerprint density at radius 1 is 0.963 bits per heavy atom. The molecule has 0 unspecified atom stereocenters. The molecule has 4 rings (SSSR count). The van der Waals surface area contributed by atoms with Crippen LogP contribution in [0, 0.1) is 5.92 Å². The first-order valence-electron chi connectivity index (χ1n) is 9.84. The summed E-state index contributed by atoms with van der Waals surface area (Å²) in [6.45, 7) is 5.47. The van der Waals surface area contributed by atoms with Gasteiger partial charge in [-0.15, -0.1) is 0 Å². The minimum atomic E-state index is 0.732. The van der Waals surface area contributed by atoms with Crippen LogP contribution in [0.15, 0.2) is 36.7 Å². The summed E-state index contributed by atoms with van der Waals surface area (Å²) in [6.07, 6.45) is 5.23. The van der Waals surface area contributed by atoms with Gasteiger partial charge in [0.15, 0.2) is 0 Å². The molecule has 0 aliphatic carbocycles. The van der Waals surface area contributed by atoms with Crippen molar-refractivity contribution in [2.45, 2.75) is 19.3 Å². The van der Waals surface area contributed by atoms with Gasteiger partial charge < -0.3 is 19.3 Å². The molecule has 2 fully saturated rings. The lowest BCUT2D eigenvalue weighted by atomic mass is 9.90. The Bertz CT molecular complexity index is 723. The first kappa shape index (κ1) is 18.0. The average molecular weight is 368 g/mol. The fraction of sp³-hybridized carbons (Fsp3) is 0.524. The van der Waals surface area contributed by atoms with Gasteiger partial charge in [0.2, 0.25) is 0 Å². The van der Waals surface area contributed by atoms with Gasteiger partial charge in [-0.3, -0.25) is 0 Å². The van der Waals surface area contributed by atoms with Crippen molar-refractivity contribution in [3.05, 3.63) is 42.2 Å². The highest BCUT2D eigenvalue weighted by molar-refractivity contribution is 5.50. The summed E-state index contributed by atoms with van der Waals surface area (Å²) < 4.78 is 10.7. The lowest BCUT2D eigenvalue weighted by Crippen LogP contribution is -2.38. The molecule has 1 aromatic carbocycles. The minimum absolute atomic E-state index is 0.732. The molecule has 0 amide bonds. The molecule has 0 spiro atoms. The van der Waals surface area contributed by atoms with Gasteiger partial charge in [-0.05, 0) is 42.9 Å². The van der Waals surface area contributed by atoms with E-state index in [1.165, 1.54) is 18.4 Å². The van der Waals surface area contributed by atoms with Crippen LogP contribution in [0.4, 0.5) is 11.6 Å². The van der Waals surface area contributed by atoms with E-state index in [9.17, 15) is 0 Å². The number of ether oxygens (including phenoxy) is 2. The van der Waals surface area contributed by atoms with Crippen LogP contribution in [0.1, 0.15) is 18.4 Å². The molecule has 0 radical (unpaired) electrons. The van der Waals surface area contributed by atoms with Crippen LogP contribution in [0.25, 0.3) is 0 Å². The molecule has 6 heteroatoms. The Labute approximate surface area is 161 Å². The van der Waals surface area contributed by atoms with E-state index >= 15 is 0 Å². The molecule has 0 saturated carbocycles. The smallest absolute Gasteiger partial charge is 0.134 e. The van der Waals surface area contributed by atoms with Crippen molar-refractivity contribution in [1.29, 1.82) is 0 Å². The van der Waals surface area contributed by atoms with Crippen molar-refractivity contribution in [3.8, 4) is 5.75 Å².